The van der Waals surface area contributed by atoms with Gasteiger partial charge in [0.15, 0.2) is 0 Å². The molecule has 6 heteroatoms. The molecule has 160 valence electrons. The van der Waals surface area contributed by atoms with Crippen LogP contribution in [0, 0.1) is 0 Å². The van der Waals surface area contributed by atoms with Crippen LogP contribution >= 0.6 is 0 Å². The van der Waals surface area contributed by atoms with Crippen LogP contribution < -0.4 is 10.2 Å². The fourth-order valence-corrected chi connectivity index (χ4v) is 5.41. The Morgan fingerprint density at radius 1 is 0.967 bits per heavy atom. The SMILES string of the molecule is OC1CN(c2cc(NC3CCCCC3)ncn2)CCC1N1CCc2ccccc2C1. The van der Waals surface area contributed by atoms with Crippen LogP contribution in [-0.4, -0.2) is 57.8 Å². The molecule has 0 spiro atoms. The Hall–Kier alpha value is -2.18. The molecule has 2 N–H and O–H groups in total. The number of piperidine rings is 1. The lowest BCUT2D eigenvalue weighted by Crippen LogP contribution is -2.55. The zero-order valence-corrected chi connectivity index (χ0v) is 17.7. The molecule has 0 radical (unpaired) electrons. The first-order chi connectivity index (χ1) is 14.8. The Balaban J connectivity index is 1.21. The maximum atomic E-state index is 11.0. The third kappa shape index (κ3) is 4.30. The van der Waals surface area contributed by atoms with E-state index in [1.165, 1.54) is 43.2 Å². The van der Waals surface area contributed by atoms with Gasteiger partial charge >= 0.3 is 0 Å². The van der Waals surface area contributed by atoms with Gasteiger partial charge in [-0.3, -0.25) is 4.90 Å². The van der Waals surface area contributed by atoms with Crippen molar-refractivity contribution in [1.29, 1.82) is 0 Å². The first kappa shape index (κ1) is 19.8. The van der Waals surface area contributed by atoms with E-state index in [0.29, 0.717) is 12.6 Å². The number of aliphatic hydroxyl groups excluding tert-OH is 1. The summed E-state index contributed by atoms with van der Waals surface area (Å²) in [5.41, 5.74) is 2.87. The highest BCUT2D eigenvalue weighted by atomic mass is 16.3. The summed E-state index contributed by atoms with van der Waals surface area (Å²) in [5, 5.41) is 14.6. The second-order valence-corrected chi connectivity index (χ2v) is 9.10. The lowest BCUT2D eigenvalue weighted by atomic mass is 9.94. The van der Waals surface area contributed by atoms with E-state index in [4.69, 9.17) is 0 Å². The molecule has 2 unspecified atom stereocenters. The number of anilines is 2. The predicted octanol–water partition coefficient (Wildman–Crippen LogP) is 3.22. The van der Waals surface area contributed by atoms with Crippen molar-refractivity contribution in [3.63, 3.8) is 0 Å². The quantitative estimate of drug-likeness (QED) is 0.811. The summed E-state index contributed by atoms with van der Waals surface area (Å²) in [4.78, 5) is 13.6. The van der Waals surface area contributed by atoms with Gasteiger partial charge in [-0.2, -0.15) is 0 Å². The van der Waals surface area contributed by atoms with E-state index in [2.05, 4.69) is 55.4 Å². The van der Waals surface area contributed by atoms with Crippen LogP contribution in [0.15, 0.2) is 36.7 Å². The molecule has 5 rings (SSSR count). The summed E-state index contributed by atoms with van der Waals surface area (Å²) in [6, 6.07) is 11.5. The third-order valence-corrected chi connectivity index (χ3v) is 7.11. The highest BCUT2D eigenvalue weighted by molar-refractivity contribution is 5.49. The molecule has 1 saturated heterocycles. The molecule has 2 aromatic rings. The highest BCUT2D eigenvalue weighted by Crippen LogP contribution is 2.28. The normalized spacial score (nSPS) is 25.7. The molecule has 1 aliphatic carbocycles. The van der Waals surface area contributed by atoms with Crippen LogP contribution in [0.3, 0.4) is 0 Å². The van der Waals surface area contributed by atoms with E-state index in [9.17, 15) is 5.11 Å². The fraction of sp³-hybridized carbons (Fsp3) is 0.583. The molecule has 2 fully saturated rings. The second kappa shape index (κ2) is 8.90. The predicted molar refractivity (Wildman–Crippen MR) is 120 cm³/mol. The molecule has 0 amide bonds. The van der Waals surface area contributed by atoms with E-state index in [1.54, 1.807) is 6.33 Å². The summed E-state index contributed by atoms with van der Waals surface area (Å²) in [6.07, 6.45) is 9.72. The lowest BCUT2D eigenvalue weighted by molar-refractivity contribution is 0.0293. The molecule has 1 saturated carbocycles. The number of β-amino-alcohol motifs (C(OH)–C–C–N with tert-alkyl or cyclic N) is 1. The number of nitrogens with one attached hydrogen (secondary N) is 1. The van der Waals surface area contributed by atoms with Crippen molar-refractivity contribution in [3.05, 3.63) is 47.8 Å². The van der Waals surface area contributed by atoms with Crippen molar-refractivity contribution in [2.24, 2.45) is 0 Å². The van der Waals surface area contributed by atoms with Gasteiger partial charge in [-0.05, 0) is 36.8 Å². The Morgan fingerprint density at radius 2 is 1.80 bits per heavy atom. The Bertz CT molecular complexity index is 853. The largest absolute Gasteiger partial charge is 0.390 e. The monoisotopic (exact) mass is 407 g/mol. The highest BCUT2D eigenvalue weighted by Gasteiger charge is 2.34. The van der Waals surface area contributed by atoms with Gasteiger partial charge < -0.3 is 15.3 Å². The van der Waals surface area contributed by atoms with Crippen molar-refractivity contribution in [2.75, 3.05) is 29.9 Å². The summed E-state index contributed by atoms with van der Waals surface area (Å²) in [5.74, 6) is 1.83. The molecule has 0 bridgehead atoms. The smallest absolute Gasteiger partial charge is 0.134 e. The van der Waals surface area contributed by atoms with Gasteiger partial charge in [-0.25, -0.2) is 9.97 Å². The average Bonchev–Trinajstić information content (AvgIpc) is 2.79. The number of aromatic nitrogens is 2. The number of hydrogen-bond donors (Lipinski definition) is 2. The molecule has 2 aliphatic heterocycles. The maximum absolute atomic E-state index is 11.0. The van der Waals surface area contributed by atoms with Crippen molar-refractivity contribution < 1.29 is 5.11 Å². The van der Waals surface area contributed by atoms with Crippen molar-refractivity contribution in [3.8, 4) is 0 Å². The van der Waals surface area contributed by atoms with Gasteiger partial charge in [0.25, 0.3) is 0 Å². The first-order valence-electron chi connectivity index (χ1n) is 11.6. The van der Waals surface area contributed by atoms with Gasteiger partial charge in [0.2, 0.25) is 0 Å². The first-order valence-corrected chi connectivity index (χ1v) is 11.6. The minimum atomic E-state index is -0.367. The van der Waals surface area contributed by atoms with Gasteiger partial charge in [0, 0.05) is 44.3 Å². The number of fused-ring (bicyclic) bond motifs is 1. The summed E-state index contributed by atoms with van der Waals surface area (Å²) in [6.45, 7) is 3.52. The molecule has 1 aromatic heterocycles. The molecule has 3 heterocycles. The van der Waals surface area contributed by atoms with E-state index < -0.39 is 0 Å². The molecular weight excluding hydrogens is 374 g/mol. The molecule has 2 atom stereocenters. The number of nitrogens with zero attached hydrogens (tertiary/aromatic N) is 4. The van der Waals surface area contributed by atoms with Crippen LogP contribution in [0.5, 0.6) is 0 Å². The number of hydrogen-bond acceptors (Lipinski definition) is 6. The minimum absolute atomic E-state index is 0.219. The number of rotatable bonds is 4. The maximum Gasteiger partial charge on any atom is 0.134 e. The van der Waals surface area contributed by atoms with E-state index in [-0.39, 0.29) is 12.1 Å². The van der Waals surface area contributed by atoms with Gasteiger partial charge in [0.05, 0.1) is 6.10 Å². The van der Waals surface area contributed by atoms with Crippen LogP contribution in [0.1, 0.15) is 49.7 Å². The lowest BCUT2D eigenvalue weighted by Gasteiger charge is -2.43. The van der Waals surface area contributed by atoms with E-state index in [0.717, 1.165) is 44.1 Å². The van der Waals surface area contributed by atoms with E-state index in [1.807, 2.05) is 0 Å². The summed E-state index contributed by atoms with van der Waals surface area (Å²) >= 11 is 0. The zero-order chi connectivity index (χ0) is 20.3. The fourth-order valence-electron chi connectivity index (χ4n) is 5.41. The molecule has 3 aliphatic rings. The van der Waals surface area contributed by atoms with Crippen LogP contribution in [0.25, 0.3) is 0 Å². The van der Waals surface area contributed by atoms with Crippen molar-refractivity contribution in [1.82, 2.24) is 14.9 Å². The average molecular weight is 408 g/mol. The topological polar surface area (TPSA) is 64.5 Å². The van der Waals surface area contributed by atoms with Gasteiger partial charge in [0.1, 0.15) is 18.0 Å². The Labute approximate surface area is 179 Å². The Morgan fingerprint density at radius 3 is 2.63 bits per heavy atom. The van der Waals surface area contributed by atoms with Crippen molar-refractivity contribution >= 4 is 11.6 Å². The summed E-state index contributed by atoms with van der Waals surface area (Å²) < 4.78 is 0. The van der Waals surface area contributed by atoms with Crippen LogP contribution in [-0.2, 0) is 13.0 Å². The van der Waals surface area contributed by atoms with Gasteiger partial charge in [-0.1, -0.05) is 43.5 Å². The minimum Gasteiger partial charge on any atom is -0.390 e. The zero-order valence-electron chi connectivity index (χ0n) is 17.7. The Kier molecular flexibility index (Phi) is 5.86. The third-order valence-electron chi connectivity index (χ3n) is 7.11. The molecule has 30 heavy (non-hydrogen) atoms. The number of benzene rings is 1. The number of aliphatic hydroxyl groups is 1. The molecular formula is C24H33N5O. The molecule has 1 aromatic carbocycles. The van der Waals surface area contributed by atoms with Crippen molar-refractivity contribution in [2.45, 2.75) is 69.7 Å². The van der Waals surface area contributed by atoms with E-state index >= 15 is 0 Å². The van der Waals surface area contributed by atoms with Gasteiger partial charge in [-0.15, -0.1) is 0 Å². The standard InChI is InChI=1S/C24H33N5O/c30-22-16-29(24-14-23(25-17-26-24)27-20-8-2-1-3-9-20)13-11-21(22)28-12-10-18-6-4-5-7-19(18)15-28/h4-7,14,17,20-22,30H,1-3,8-13,15-16H2,(H,25,26,27). The summed E-state index contributed by atoms with van der Waals surface area (Å²) in [7, 11) is 0. The second-order valence-electron chi connectivity index (χ2n) is 9.10. The molecule has 6 nitrogen and oxygen atoms in total. The van der Waals surface area contributed by atoms with Crippen LogP contribution in [0.2, 0.25) is 0 Å². The van der Waals surface area contributed by atoms with Crippen LogP contribution in [0.4, 0.5) is 11.6 Å².